The number of amides is 1. The fourth-order valence-corrected chi connectivity index (χ4v) is 4.35. The van der Waals surface area contributed by atoms with Crippen LogP contribution < -0.4 is 15.3 Å². The van der Waals surface area contributed by atoms with Crippen LogP contribution in [0.3, 0.4) is 0 Å². The number of unbranched alkanes of at least 4 members (excludes halogenated alkanes) is 12. The smallest absolute Gasteiger partial charge is 0.345 e. The standard InChI is InChI=1S/C25H43N5O5/c31-25(23-14-15-24(27-22-23)28-19-16-26-17-20-28)29(32)18-12-10-8-6-4-2-1-3-5-7-9-11-13-21-35-30(33)34/h14-15,22,26,29H,1-13,16-21H2. The van der Waals surface area contributed by atoms with Crippen molar-refractivity contribution >= 4 is 11.7 Å². The van der Waals surface area contributed by atoms with Gasteiger partial charge in [-0.25, -0.2) is 9.78 Å². The summed E-state index contributed by atoms with van der Waals surface area (Å²) in [5.41, 5.74) is 0.387. The van der Waals surface area contributed by atoms with Crippen molar-refractivity contribution in [1.29, 1.82) is 0 Å². The van der Waals surface area contributed by atoms with Crippen molar-refractivity contribution in [1.82, 2.24) is 10.3 Å². The number of hydrogen-bond donors (Lipinski definition) is 2. The molecule has 1 aliphatic heterocycles. The number of nitrogens with zero attached hydrogens (tertiary/aromatic N) is 3. The van der Waals surface area contributed by atoms with E-state index in [2.05, 4.69) is 20.0 Å². The lowest BCUT2D eigenvalue weighted by atomic mass is 10.0. The number of carbonyl (C=O) groups excluding carboxylic acids is 1. The van der Waals surface area contributed by atoms with Crippen molar-refractivity contribution in [2.45, 2.75) is 83.5 Å². The maximum absolute atomic E-state index is 12.4. The maximum Gasteiger partial charge on any atom is 0.345 e. The van der Waals surface area contributed by atoms with Gasteiger partial charge in [-0.05, 0) is 31.4 Å². The minimum absolute atomic E-state index is 0.208. The average molecular weight is 494 g/mol. The minimum atomic E-state index is -0.729. The number of rotatable bonds is 19. The van der Waals surface area contributed by atoms with Crippen LogP contribution in [-0.2, 0) is 4.84 Å². The summed E-state index contributed by atoms with van der Waals surface area (Å²) < 4.78 is 0. The van der Waals surface area contributed by atoms with Crippen LogP contribution in [0.2, 0.25) is 0 Å². The molecule has 0 radical (unpaired) electrons. The summed E-state index contributed by atoms with van der Waals surface area (Å²) in [6.45, 7) is 4.17. The Hall–Kier alpha value is -2.30. The molecule has 1 unspecified atom stereocenters. The largest absolute Gasteiger partial charge is 0.626 e. The van der Waals surface area contributed by atoms with Gasteiger partial charge in [-0.15, -0.1) is 10.1 Å². The zero-order valence-corrected chi connectivity index (χ0v) is 21.0. The fourth-order valence-electron chi connectivity index (χ4n) is 4.35. The van der Waals surface area contributed by atoms with E-state index in [-0.39, 0.29) is 11.7 Å². The molecule has 1 atom stereocenters. The first-order chi connectivity index (χ1) is 17.1. The van der Waals surface area contributed by atoms with Gasteiger partial charge < -0.3 is 25.3 Å². The average Bonchev–Trinajstić information content (AvgIpc) is 2.88. The number of pyridine rings is 1. The fraction of sp³-hybridized carbons (Fsp3) is 0.760. The Bertz CT molecular complexity index is 713. The summed E-state index contributed by atoms with van der Waals surface area (Å²) in [5.74, 6) is 0.433. The Balaban J connectivity index is 1.41. The van der Waals surface area contributed by atoms with Gasteiger partial charge in [0.2, 0.25) is 0 Å². The molecule has 0 bridgehead atoms. The first-order valence-corrected chi connectivity index (χ1v) is 13.3. The molecular formula is C25H43N5O5. The van der Waals surface area contributed by atoms with Crippen LogP contribution in [0, 0.1) is 15.3 Å². The molecule has 1 saturated heterocycles. The van der Waals surface area contributed by atoms with E-state index in [0.717, 1.165) is 70.5 Å². The van der Waals surface area contributed by atoms with Crippen LogP contribution >= 0.6 is 0 Å². The van der Waals surface area contributed by atoms with Gasteiger partial charge in [0, 0.05) is 32.4 Å². The Morgan fingerprint density at radius 2 is 1.49 bits per heavy atom. The maximum atomic E-state index is 12.4. The normalized spacial score (nSPS) is 14.6. The predicted octanol–water partition coefficient (Wildman–Crippen LogP) is 3.29. The van der Waals surface area contributed by atoms with Crippen LogP contribution in [0.25, 0.3) is 0 Å². The summed E-state index contributed by atoms with van der Waals surface area (Å²) >= 11 is 0. The second kappa shape index (κ2) is 18.0. The molecule has 1 aromatic heterocycles. The Kier molecular flexibility index (Phi) is 14.9. The van der Waals surface area contributed by atoms with Crippen LogP contribution in [-0.4, -0.2) is 55.3 Å². The number of aromatic nitrogens is 1. The molecule has 10 heteroatoms. The zero-order chi connectivity index (χ0) is 25.1. The Morgan fingerprint density at radius 3 is 2.00 bits per heavy atom. The van der Waals surface area contributed by atoms with Gasteiger partial charge >= 0.3 is 5.91 Å². The summed E-state index contributed by atoms with van der Waals surface area (Å²) in [4.78, 5) is 33.3. The van der Waals surface area contributed by atoms with Crippen molar-refractivity contribution in [2.75, 3.05) is 44.2 Å². The second-order valence-electron chi connectivity index (χ2n) is 9.30. The molecule has 0 spiro atoms. The van der Waals surface area contributed by atoms with E-state index in [1.54, 1.807) is 6.07 Å². The third-order valence-corrected chi connectivity index (χ3v) is 6.45. The van der Waals surface area contributed by atoms with E-state index in [1.807, 2.05) is 6.07 Å². The number of anilines is 1. The first kappa shape index (κ1) is 28.9. The van der Waals surface area contributed by atoms with Crippen LogP contribution in [0.4, 0.5) is 5.82 Å². The Morgan fingerprint density at radius 1 is 0.943 bits per heavy atom. The van der Waals surface area contributed by atoms with Gasteiger partial charge in [0.15, 0.2) is 0 Å². The summed E-state index contributed by atoms with van der Waals surface area (Å²) in [5, 5.41) is 24.6. The summed E-state index contributed by atoms with van der Waals surface area (Å²) in [7, 11) is 0. The highest BCUT2D eigenvalue weighted by Crippen LogP contribution is 2.13. The van der Waals surface area contributed by atoms with Gasteiger partial charge in [-0.3, -0.25) is 0 Å². The molecule has 0 aliphatic carbocycles. The van der Waals surface area contributed by atoms with Crippen molar-refractivity contribution in [3.63, 3.8) is 0 Å². The van der Waals surface area contributed by atoms with Crippen LogP contribution in [0.15, 0.2) is 18.3 Å². The highest BCUT2D eigenvalue weighted by Gasteiger charge is 2.16. The molecular weight excluding hydrogens is 450 g/mol. The van der Waals surface area contributed by atoms with E-state index in [4.69, 9.17) is 0 Å². The zero-order valence-electron chi connectivity index (χ0n) is 21.0. The number of hydroxylamine groups is 2. The second-order valence-corrected chi connectivity index (χ2v) is 9.30. The molecule has 0 saturated carbocycles. The van der Waals surface area contributed by atoms with E-state index >= 15 is 0 Å². The molecule has 2 N–H and O–H groups in total. The van der Waals surface area contributed by atoms with E-state index < -0.39 is 11.0 Å². The third-order valence-electron chi connectivity index (χ3n) is 6.45. The molecule has 1 aromatic rings. The topological polar surface area (TPSA) is 125 Å². The van der Waals surface area contributed by atoms with Gasteiger partial charge in [-0.1, -0.05) is 64.2 Å². The quantitative estimate of drug-likeness (QED) is 0.171. The van der Waals surface area contributed by atoms with Crippen LogP contribution in [0.5, 0.6) is 0 Å². The number of piperazine rings is 1. The lowest BCUT2D eigenvalue weighted by molar-refractivity contribution is -0.757. The summed E-state index contributed by atoms with van der Waals surface area (Å²) in [6.07, 6.45) is 15.8. The molecule has 10 nitrogen and oxygen atoms in total. The van der Waals surface area contributed by atoms with E-state index in [1.165, 1.54) is 51.1 Å². The number of nitrogens with one attached hydrogen (secondary N) is 2. The van der Waals surface area contributed by atoms with Gasteiger partial charge in [0.05, 0.1) is 18.7 Å². The Labute approximate surface area is 209 Å². The number of hydrogen-bond acceptors (Lipinski definition) is 8. The van der Waals surface area contributed by atoms with Crippen molar-refractivity contribution in [3.05, 3.63) is 39.2 Å². The molecule has 2 heterocycles. The highest BCUT2D eigenvalue weighted by atomic mass is 16.9. The van der Waals surface area contributed by atoms with E-state index in [9.17, 15) is 20.1 Å². The van der Waals surface area contributed by atoms with Gasteiger partial charge in [0.1, 0.15) is 5.82 Å². The predicted molar refractivity (Wildman–Crippen MR) is 136 cm³/mol. The SMILES string of the molecule is O=C(c1ccc(N2CCNCC2)nc1)[NH+]([O-])CCCCCCCCCCCCCCCO[N+](=O)[O-]. The number of carbonyl (C=O) groups is 1. The molecule has 0 aromatic carbocycles. The molecule has 35 heavy (non-hydrogen) atoms. The van der Waals surface area contributed by atoms with Crippen LogP contribution in [0.1, 0.15) is 93.8 Å². The lowest BCUT2D eigenvalue weighted by Gasteiger charge is -2.28. The number of quaternary nitrogens is 1. The van der Waals surface area contributed by atoms with Gasteiger partial charge in [-0.2, -0.15) is 0 Å². The molecule has 198 valence electrons. The van der Waals surface area contributed by atoms with Crippen molar-refractivity contribution in [2.24, 2.45) is 0 Å². The van der Waals surface area contributed by atoms with Crippen molar-refractivity contribution in [3.8, 4) is 0 Å². The molecule has 1 fully saturated rings. The summed E-state index contributed by atoms with van der Waals surface area (Å²) in [6, 6.07) is 3.56. The van der Waals surface area contributed by atoms with Crippen molar-refractivity contribution < 1.29 is 19.8 Å². The third kappa shape index (κ3) is 12.8. The molecule has 2 rings (SSSR count). The molecule has 1 aliphatic rings. The minimum Gasteiger partial charge on any atom is -0.626 e. The van der Waals surface area contributed by atoms with Gasteiger partial charge in [0.25, 0.3) is 5.09 Å². The van der Waals surface area contributed by atoms with E-state index in [0.29, 0.717) is 12.1 Å². The highest BCUT2D eigenvalue weighted by molar-refractivity contribution is 5.87. The first-order valence-electron chi connectivity index (χ1n) is 13.3. The molecule has 1 amide bonds. The monoisotopic (exact) mass is 493 g/mol. The lowest BCUT2D eigenvalue weighted by Crippen LogP contribution is -3.10.